The van der Waals surface area contributed by atoms with Crippen molar-refractivity contribution in [1.29, 1.82) is 0 Å². The zero-order chi connectivity index (χ0) is 26.8. The van der Waals surface area contributed by atoms with E-state index in [1.165, 1.54) is 0 Å². The predicted octanol–water partition coefficient (Wildman–Crippen LogP) is 2.53. The normalized spacial score (nSPS) is 26.6. The van der Waals surface area contributed by atoms with Crippen LogP contribution >= 0.6 is 0 Å². The Morgan fingerprint density at radius 2 is 1.08 bits per heavy atom. The number of nitrogens with zero attached hydrogens (tertiary/aromatic N) is 2. The molecule has 2 fully saturated rings. The molecular formula is C29H38N2O6. The summed E-state index contributed by atoms with van der Waals surface area (Å²) >= 11 is 0. The van der Waals surface area contributed by atoms with E-state index in [2.05, 4.69) is 0 Å². The van der Waals surface area contributed by atoms with Gasteiger partial charge in [-0.2, -0.15) is 0 Å². The number of likely N-dealkylation sites (N-methyl/N-ethyl adjacent to an activating group) is 2. The van der Waals surface area contributed by atoms with Gasteiger partial charge in [0.2, 0.25) is 0 Å². The average Bonchev–Trinajstić information content (AvgIpc) is 3.50. The molecule has 0 saturated heterocycles. The smallest absolute Gasteiger partial charge is 0.185 e. The van der Waals surface area contributed by atoms with Crippen molar-refractivity contribution in [3.63, 3.8) is 0 Å². The first-order chi connectivity index (χ1) is 17.7. The molecule has 4 atom stereocenters. The standard InChI is InChI=1S/C29H38N2O6/c1-30(2)28(26(34)20-5-11-24(12-6-20)36-17-15-32)22-9-10-23(19-22)29(28,31(3)4)27(35)21-7-13-25(14-8-21)37-18-16-33/h5-8,11-14,22-23,32-33H,9-10,15-19H2,1-4H3. The first-order valence-corrected chi connectivity index (χ1v) is 12.9. The lowest BCUT2D eigenvalue weighted by Gasteiger charge is -2.57. The first kappa shape index (κ1) is 27.3. The van der Waals surface area contributed by atoms with Crippen LogP contribution in [0.2, 0.25) is 0 Å². The zero-order valence-corrected chi connectivity index (χ0v) is 22.1. The lowest BCUT2D eigenvalue weighted by Crippen LogP contribution is -2.77. The van der Waals surface area contributed by atoms with E-state index in [1.807, 2.05) is 38.0 Å². The van der Waals surface area contributed by atoms with E-state index in [4.69, 9.17) is 19.7 Å². The fourth-order valence-corrected chi connectivity index (χ4v) is 7.07. The molecule has 2 aromatic carbocycles. The minimum absolute atomic E-state index is 0.0313. The monoisotopic (exact) mass is 510 g/mol. The third-order valence-electron chi connectivity index (χ3n) is 8.25. The highest BCUT2D eigenvalue weighted by Gasteiger charge is 2.75. The Bertz CT molecular complexity index is 1010. The molecule has 0 aliphatic heterocycles. The first-order valence-electron chi connectivity index (χ1n) is 12.9. The molecule has 2 aliphatic rings. The molecule has 37 heavy (non-hydrogen) atoms. The molecule has 2 saturated carbocycles. The topological polar surface area (TPSA) is 99.5 Å². The van der Waals surface area contributed by atoms with Gasteiger partial charge in [-0.1, -0.05) is 0 Å². The maximum Gasteiger partial charge on any atom is 0.185 e. The van der Waals surface area contributed by atoms with Crippen LogP contribution in [0, 0.1) is 11.8 Å². The molecule has 2 aliphatic carbocycles. The third-order valence-corrected chi connectivity index (χ3v) is 8.25. The van der Waals surface area contributed by atoms with Crippen LogP contribution in [0.1, 0.15) is 40.0 Å². The number of aliphatic hydroxyl groups excluding tert-OH is 2. The van der Waals surface area contributed by atoms with Crippen LogP contribution in [-0.4, -0.2) is 97.3 Å². The van der Waals surface area contributed by atoms with Crippen molar-refractivity contribution in [2.75, 3.05) is 54.6 Å². The van der Waals surface area contributed by atoms with Gasteiger partial charge in [0.25, 0.3) is 0 Å². The number of ether oxygens (including phenoxy) is 2. The van der Waals surface area contributed by atoms with Gasteiger partial charge in [0.1, 0.15) is 35.8 Å². The summed E-state index contributed by atoms with van der Waals surface area (Å²) in [5.41, 5.74) is -1.06. The Morgan fingerprint density at radius 1 is 0.730 bits per heavy atom. The molecule has 0 spiro atoms. The number of carbonyl (C=O) groups excluding carboxylic acids is 2. The van der Waals surface area contributed by atoms with Crippen LogP contribution in [0.25, 0.3) is 0 Å². The summed E-state index contributed by atoms with van der Waals surface area (Å²) in [6.45, 7) is 0.187. The molecule has 4 unspecified atom stereocenters. The minimum Gasteiger partial charge on any atom is -0.491 e. The molecule has 200 valence electrons. The average molecular weight is 511 g/mol. The highest BCUT2D eigenvalue weighted by molar-refractivity contribution is 6.14. The van der Waals surface area contributed by atoms with Gasteiger partial charge in [0, 0.05) is 11.1 Å². The number of rotatable bonds is 12. The molecule has 0 heterocycles. The van der Waals surface area contributed by atoms with Gasteiger partial charge in [-0.15, -0.1) is 0 Å². The molecule has 2 bridgehead atoms. The zero-order valence-electron chi connectivity index (χ0n) is 22.1. The summed E-state index contributed by atoms with van der Waals surface area (Å²) < 4.78 is 11.0. The Morgan fingerprint density at radius 3 is 1.38 bits per heavy atom. The van der Waals surface area contributed by atoms with E-state index in [0.717, 1.165) is 19.3 Å². The molecule has 2 aromatic rings. The molecule has 8 nitrogen and oxygen atoms in total. The highest BCUT2D eigenvalue weighted by Crippen LogP contribution is 2.62. The second-order valence-electron chi connectivity index (χ2n) is 10.4. The number of ketones is 2. The summed E-state index contributed by atoms with van der Waals surface area (Å²) in [5, 5.41) is 18.1. The van der Waals surface area contributed by atoms with Gasteiger partial charge in [0.05, 0.1) is 13.2 Å². The predicted molar refractivity (Wildman–Crippen MR) is 140 cm³/mol. The van der Waals surface area contributed by atoms with E-state index in [0.29, 0.717) is 22.6 Å². The third kappa shape index (κ3) is 4.26. The van der Waals surface area contributed by atoms with E-state index in [9.17, 15) is 9.59 Å². The van der Waals surface area contributed by atoms with Crippen molar-refractivity contribution in [1.82, 2.24) is 9.80 Å². The van der Waals surface area contributed by atoms with E-state index in [-0.39, 0.29) is 49.8 Å². The highest BCUT2D eigenvalue weighted by atomic mass is 16.5. The van der Waals surface area contributed by atoms with Crippen molar-refractivity contribution >= 4 is 11.6 Å². The lowest BCUT2D eigenvalue weighted by molar-refractivity contribution is -0.0367. The molecule has 2 N–H and O–H groups in total. The Labute approximate surface area is 218 Å². The maximum atomic E-state index is 14.6. The van der Waals surface area contributed by atoms with Crippen molar-refractivity contribution in [3.8, 4) is 11.5 Å². The maximum absolute atomic E-state index is 14.6. The fourth-order valence-electron chi connectivity index (χ4n) is 7.07. The molecule has 0 radical (unpaired) electrons. The fraction of sp³-hybridized carbons (Fsp3) is 0.517. The SMILES string of the molecule is CN(C)C1(C(=O)c2ccc(OCCO)cc2)C2CCC(C2)C1(C(=O)c1ccc(OCCO)cc1)N(C)C. The Kier molecular flexibility index (Phi) is 8.04. The van der Waals surface area contributed by atoms with Gasteiger partial charge in [-0.3, -0.25) is 19.4 Å². The molecular weight excluding hydrogens is 472 g/mol. The van der Waals surface area contributed by atoms with Crippen molar-refractivity contribution in [3.05, 3.63) is 59.7 Å². The second-order valence-corrected chi connectivity index (χ2v) is 10.4. The van der Waals surface area contributed by atoms with Gasteiger partial charge < -0.3 is 19.7 Å². The number of hydrogen-bond acceptors (Lipinski definition) is 8. The van der Waals surface area contributed by atoms with Crippen molar-refractivity contribution < 1.29 is 29.3 Å². The summed E-state index contributed by atoms with van der Waals surface area (Å²) in [6, 6.07) is 14.0. The summed E-state index contributed by atoms with van der Waals surface area (Å²) in [5.74, 6) is 1.09. The largest absolute Gasteiger partial charge is 0.491 e. The Hall–Kier alpha value is -2.78. The van der Waals surface area contributed by atoms with Crippen LogP contribution in [0.15, 0.2) is 48.5 Å². The summed E-state index contributed by atoms with van der Waals surface area (Å²) in [6.07, 6.45) is 2.59. The van der Waals surface area contributed by atoms with Crippen molar-refractivity contribution in [2.45, 2.75) is 30.3 Å². The van der Waals surface area contributed by atoms with Crippen LogP contribution < -0.4 is 9.47 Å². The summed E-state index contributed by atoms with van der Waals surface area (Å²) in [7, 11) is 7.65. The van der Waals surface area contributed by atoms with E-state index < -0.39 is 11.1 Å². The van der Waals surface area contributed by atoms with Crippen LogP contribution in [0.4, 0.5) is 0 Å². The number of aliphatic hydroxyl groups is 2. The van der Waals surface area contributed by atoms with Gasteiger partial charge >= 0.3 is 0 Å². The van der Waals surface area contributed by atoms with Gasteiger partial charge in [-0.25, -0.2) is 0 Å². The summed E-state index contributed by atoms with van der Waals surface area (Å²) in [4.78, 5) is 33.2. The van der Waals surface area contributed by atoms with E-state index >= 15 is 0 Å². The van der Waals surface area contributed by atoms with E-state index in [1.54, 1.807) is 48.5 Å². The molecule has 0 amide bonds. The van der Waals surface area contributed by atoms with Crippen molar-refractivity contribution in [2.24, 2.45) is 11.8 Å². The number of benzene rings is 2. The quantitative estimate of drug-likeness (QED) is 0.421. The number of hydrogen-bond donors (Lipinski definition) is 2. The molecule has 0 aromatic heterocycles. The lowest BCUT2D eigenvalue weighted by atomic mass is 9.59. The van der Waals surface area contributed by atoms with Crippen LogP contribution in [-0.2, 0) is 0 Å². The van der Waals surface area contributed by atoms with Gasteiger partial charge in [0.15, 0.2) is 11.6 Å². The molecule has 8 heteroatoms. The number of carbonyl (C=O) groups is 2. The number of fused-ring (bicyclic) bond motifs is 2. The second kappa shape index (κ2) is 10.9. The number of Topliss-reactive ketones (excluding diaryl/α,β-unsaturated/α-hetero) is 2. The molecule has 4 rings (SSSR count). The van der Waals surface area contributed by atoms with Crippen LogP contribution in [0.5, 0.6) is 11.5 Å². The Balaban J connectivity index is 1.81. The van der Waals surface area contributed by atoms with Crippen LogP contribution in [0.3, 0.4) is 0 Å². The minimum atomic E-state index is -1.06. The van der Waals surface area contributed by atoms with Gasteiger partial charge in [-0.05, 0) is 108 Å².